The van der Waals surface area contributed by atoms with Gasteiger partial charge in [0.05, 0.1) is 23.5 Å². The van der Waals surface area contributed by atoms with Crippen LogP contribution in [0.1, 0.15) is 24.7 Å². The molecule has 2 aromatic heterocycles. The van der Waals surface area contributed by atoms with Crippen LogP contribution >= 0.6 is 0 Å². The minimum absolute atomic E-state index is 0.0614. The lowest BCUT2D eigenvalue weighted by molar-refractivity contribution is 0.235. The number of likely N-dealkylation sites (tertiary alicyclic amines) is 1. The summed E-state index contributed by atoms with van der Waals surface area (Å²) >= 11 is 0. The molecule has 118 valence electrons. The first-order valence-corrected chi connectivity index (χ1v) is 7.87. The average molecular weight is 310 g/mol. The quantitative estimate of drug-likeness (QED) is 0.787. The summed E-state index contributed by atoms with van der Waals surface area (Å²) in [6.07, 6.45) is 5.39. The Hall–Kier alpha value is -2.54. The van der Waals surface area contributed by atoms with Crippen molar-refractivity contribution < 1.29 is 0 Å². The zero-order chi connectivity index (χ0) is 15.6. The maximum atomic E-state index is 12.3. The minimum Gasteiger partial charge on any atom is -0.309 e. The fourth-order valence-electron chi connectivity index (χ4n) is 3.24. The lowest BCUT2D eigenvalue weighted by Gasteiger charge is -2.23. The topological polar surface area (TPSA) is 79.7 Å². The number of aromatic amines is 1. The van der Waals surface area contributed by atoms with Crippen molar-refractivity contribution in [3.8, 4) is 0 Å². The van der Waals surface area contributed by atoms with Crippen LogP contribution in [0.25, 0.3) is 10.9 Å². The predicted molar refractivity (Wildman–Crippen MR) is 85.9 cm³/mol. The Balaban J connectivity index is 1.59. The molecule has 1 aliphatic rings. The number of hydrogen-bond donors (Lipinski definition) is 1. The molecule has 3 heterocycles. The summed E-state index contributed by atoms with van der Waals surface area (Å²) in [6.45, 7) is 2.66. The first-order chi connectivity index (χ1) is 11.3. The fraction of sp³-hybridized carbons (Fsp3) is 0.375. The monoisotopic (exact) mass is 310 g/mol. The van der Waals surface area contributed by atoms with E-state index >= 15 is 0 Å². The number of fused-ring (bicyclic) bond motifs is 1. The van der Waals surface area contributed by atoms with Gasteiger partial charge in [0.2, 0.25) is 0 Å². The zero-order valence-electron chi connectivity index (χ0n) is 12.7. The van der Waals surface area contributed by atoms with Crippen LogP contribution in [-0.2, 0) is 6.54 Å². The van der Waals surface area contributed by atoms with E-state index in [9.17, 15) is 4.79 Å². The summed E-state index contributed by atoms with van der Waals surface area (Å²) in [4.78, 5) is 26.2. The van der Waals surface area contributed by atoms with Crippen molar-refractivity contribution in [2.24, 2.45) is 0 Å². The van der Waals surface area contributed by atoms with Crippen molar-refractivity contribution in [2.45, 2.75) is 25.4 Å². The van der Waals surface area contributed by atoms with E-state index < -0.39 is 0 Å². The molecule has 1 atom stereocenters. The standard InChI is InChI=1S/C16H18N6O/c23-16-12-4-1-2-5-13(12)19-15(20-16)14-6-3-7-21(14)8-9-22-11-17-10-18-22/h1-2,4-5,10-11,14H,3,6-9H2,(H,19,20,23). The molecule has 1 fully saturated rings. The van der Waals surface area contributed by atoms with Gasteiger partial charge in [0.15, 0.2) is 0 Å². The molecule has 1 N–H and O–H groups in total. The number of nitrogens with zero attached hydrogens (tertiary/aromatic N) is 5. The second kappa shape index (κ2) is 5.92. The van der Waals surface area contributed by atoms with Gasteiger partial charge in [-0.1, -0.05) is 12.1 Å². The summed E-state index contributed by atoms with van der Waals surface area (Å²) in [5, 5.41) is 4.78. The SMILES string of the molecule is O=c1[nH]c(C2CCCN2CCn2cncn2)nc2ccccc12. The summed E-state index contributed by atoms with van der Waals surface area (Å²) in [7, 11) is 0. The van der Waals surface area contributed by atoms with Crippen LogP contribution in [-0.4, -0.2) is 42.7 Å². The van der Waals surface area contributed by atoms with Crippen molar-refractivity contribution in [1.29, 1.82) is 0 Å². The average Bonchev–Trinajstić information content (AvgIpc) is 3.24. The molecule has 0 bridgehead atoms. The van der Waals surface area contributed by atoms with Gasteiger partial charge in [0, 0.05) is 6.54 Å². The summed E-state index contributed by atoms with van der Waals surface area (Å²) in [5.74, 6) is 0.768. The maximum Gasteiger partial charge on any atom is 0.258 e. The van der Waals surface area contributed by atoms with E-state index in [-0.39, 0.29) is 11.6 Å². The zero-order valence-corrected chi connectivity index (χ0v) is 12.7. The Morgan fingerprint density at radius 1 is 1.26 bits per heavy atom. The molecule has 1 saturated heterocycles. The molecule has 7 nitrogen and oxygen atoms in total. The van der Waals surface area contributed by atoms with E-state index in [0.29, 0.717) is 5.39 Å². The van der Waals surface area contributed by atoms with E-state index in [1.54, 1.807) is 12.7 Å². The van der Waals surface area contributed by atoms with Crippen LogP contribution in [0.15, 0.2) is 41.7 Å². The molecule has 1 unspecified atom stereocenters. The van der Waals surface area contributed by atoms with Gasteiger partial charge in [0.1, 0.15) is 18.5 Å². The molecule has 0 radical (unpaired) electrons. The Kier molecular flexibility index (Phi) is 3.63. The second-order valence-corrected chi connectivity index (χ2v) is 5.82. The van der Waals surface area contributed by atoms with Gasteiger partial charge >= 0.3 is 0 Å². The summed E-state index contributed by atoms with van der Waals surface area (Å²) in [5.41, 5.74) is 0.697. The van der Waals surface area contributed by atoms with Gasteiger partial charge in [-0.3, -0.25) is 14.4 Å². The molecule has 0 saturated carbocycles. The molecule has 0 spiro atoms. The first-order valence-electron chi connectivity index (χ1n) is 7.87. The van der Waals surface area contributed by atoms with Crippen molar-refractivity contribution in [3.63, 3.8) is 0 Å². The van der Waals surface area contributed by atoms with Crippen LogP contribution < -0.4 is 5.56 Å². The predicted octanol–water partition coefficient (Wildman–Crippen LogP) is 1.35. The molecule has 4 rings (SSSR count). The number of H-pyrrole nitrogens is 1. The summed E-state index contributed by atoms with van der Waals surface area (Å²) in [6, 6.07) is 7.63. The van der Waals surface area contributed by atoms with Crippen LogP contribution in [0.3, 0.4) is 0 Å². The first kappa shape index (κ1) is 14.1. The van der Waals surface area contributed by atoms with E-state index in [1.807, 2.05) is 28.9 Å². The third-order valence-corrected chi connectivity index (χ3v) is 4.39. The second-order valence-electron chi connectivity index (χ2n) is 5.82. The van der Waals surface area contributed by atoms with Gasteiger partial charge in [0.25, 0.3) is 5.56 Å². The van der Waals surface area contributed by atoms with Crippen LogP contribution in [0.4, 0.5) is 0 Å². The molecular formula is C16H18N6O. The smallest absolute Gasteiger partial charge is 0.258 e. The third kappa shape index (κ3) is 2.75. The van der Waals surface area contributed by atoms with E-state index in [1.165, 1.54) is 0 Å². The molecule has 0 amide bonds. The highest BCUT2D eigenvalue weighted by Crippen LogP contribution is 2.29. The highest BCUT2D eigenvalue weighted by molar-refractivity contribution is 5.77. The molecule has 0 aliphatic carbocycles. The Morgan fingerprint density at radius 3 is 3.04 bits per heavy atom. The number of para-hydroxylation sites is 1. The number of hydrogen-bond acceptors (Lipinski definition) is 5. The lowest BCUT2D eigenvalue weighted by atomic mass is 10.2. The Labute approximate surface area is 133 Å². The molecule has 1 aromatic carbocycles. The van der Waals surface area contributed by atoms with Gasteiger partial charge in [-0.15, -0.1) is 0 Å². The minimum atomic E-state index is -0.0614. The van der Waals surface area contributed by atoms with Crippen molar-refractivity contribution in [3.05, 3.63) is 53.1 Å². The van der Waals surface area contributed by atoms with Gasteiger partial charge in [-0.25, -0.2) is 9.97 Å². The van der Waals surface area contributed by atoms with E-state index in [2.05, 4.69) is 25.0 Å². The van der Waals surface area contributed by atoms with Crippen LogP contribution in [0.2, 0.25) is 0 Å². The van der Waals surface area contributed by atoms with Crippen LogP contribution in [0.5, 0.6) is 0 Å². The Bertz CT molecular complexity index is 856. The number of nitrogens with one attached hydrogen (secondary N) is 1. The molecule has 23 heavy (non-hydrogen) atoms. The largest absolute Gasteiger partial charge is 0.309 e. The number of aromatic nitrogens is 5. The lowest BCUT2D eigenvalue weighted by Crippen LogP contribution is -2.29. The van der Waals surface area contributed by atoms with Gasteiger partial charge in [-0.05, 0) is 31.5 Å². The highest BCUT2D eigenvalue weighted by atomic mass is 16.1. The third-order valence-electron chi connectivity index (χ3n) is 4.39. The van der Waals surface area contributed by atoms with Crippen molar-refractivity contribution in [2.75, 3.05) is 13.1 Å². The summed E-state index contributed by atoms with van der Waals surface area (Å²) < 4.78 is 1.83. The molecule has 7 heteroatoms. The van der Waals surface area contributed by atoms with Gasteiger partial charge in [-0.2, -0.15) is 5.10 Å². The van der Waals surface area contributed by atoms with Crippen molar-refractivity contribution in [1.82, 2.24) is 29.6 Å². The number of rotatable bonds is 4. The normalized spacial score (nSPS) is 18.7. The molecular weight excluding hydrogens is 292 g/mol. The fourth-order valence-corrected chi connectivity index (χ4v) is 3.24. The highest BCUT2D eigenvalue weighted by Gasteiger charge is 2.28. The van der Waals surface area contributed by atoms with Crippen LogP contribution in [0, 0.1) is 0 Å². The molecule has 1 aliphatic heterocycles. The van der Waals surface area contributed by atoms with E-state index in [4.69, 9.17) is 0 Å². The number of benzene rings is 1. The molecule has 3 aromatic rings. The van der Waals surface area contributed by atoms with Gasteiger partial charge < -0.3 is 4.98 Å². The Morgan fingerprint density at radius 2 is 2.17 bits per heavy atom. The van der Waals surface area contributed by atoms with Crippen molar-refractivity contribution >= 4 is 10.9 Å². The van der Waals surface area contributed by atoms with E-state index in [0.717, 1.165) is 43.8 Å². The maximum absolute atomic E-state index is 12.3.